The molecule has 0 saturated heterocycles. The number of nitrogens with one attached hydrogen (secondary N) is 2. The van der Waals surface area contributed by atoms with E-state index in [1.54, 1.807) is 18.2 Å². The second kappa shape index (κ2) is 5.91. The molecule has 2 heterocycles. The van der Waals surface area contributed by atoms with Gasteiger partial charge in [-0.05, 0) is 12.1 Å². The fraction of sp³-hybridized carbons (Fsp3) is 0.308. The van der Waals surface area contributed by atoms with Crippen molar-refractivity contribution in [1.29, 1.82) is 0 Å². The largest absolute Gasteiger partial charge is 0.408 e. The minimum atomic E-state index is -4.48. The van der Waals surface area contributed by atoms with Crippen LogP contribution in [0.5, 0.6) is 0 Å². The second-order valence-electron chi connectivity index (χ2n) is 4.97. The van der Waals surface area contributed by atoms with Crippen LogP contribution in [0.1, 0.15) is 5.82 Å². The van der Waals surface area contributed by atoms with Gasteiger partial charge in [-0.15, -0.1) is 0 Å². The van der Waals surface area contributed by atoms with Crippen LogP contribution in [-0.4, -0.2) is 49.3 Å². The number of benzene rings is 1. The van der Waals surface area contributed by atoms with Gasteiger partial charge in [-0.1, -0.05) is 6.07 Å². The maximum atomic E-state index is 12.8. The van der Waals surface area contributed by atoms with Gasteiger partial charge in [-0.25, -0.2) is 9.67 Å². The number of likely N-dealkylation sites (N-methyl/N-ethyl adjacent to an activating group) is 1. The number of rotatable bonds is 4. The van der Waals surface area contributed by atoms with E-state index in [1.165, 1.54) is 7.05 Å². The average molecular weight is 339 g/mol. The molecule has 3 aromatic rings. The Morgan fingerprint density at radius 3 is 2.83 bits per heavy atom. The normalized spacial score (nSPS) is 11.8. The Labute approximate surface area is 133 Å². The van der Waals surface area contributed by atoms with Crippen LogP contribution in [0.3, 0.4) is 0 Å². The van der Waals surface area contributed by atoms with Gasteiger partial charge in [-0.3, -0.25) is 4.79 Å². The van der Waals surface area contributed by atoms with Crippen LogP contribution in [0.25, 0.3) is 22.4 Å². The maximum absolute atomic E-state index is 12.8. The topological polar surface area (TPSA) is 101 Å². The fourth-order valence-electron chi connectivity index (χ4n) is 2.22. The molecular weight excluding hydrogens is 327 g/mol. The molecule has 0 atom stereocenters. The minimum Gasteiger partial charge on any atom is -0.359 e. The van der Waals surface area contributed by atoms with Crippen molar-refractivity contribution in [3.8, 4) is 11.4 Å². The zero-order chi connectivity index (χ0) is 17.3. The standard InChI is InChI=1S/C13H12F3N7O/c1-17-10(24)5-9-18-12(23(21-9)6-13(14,15)16)7-3-2-4-8-11(7)20-22-19-8/h2-4H,5-6H2,1H3,(H,17,24)(H,19,20,22). The first kappa shape index (κ1) is 15.9. The molecule has 0 aliphatic heterocycles. The highest BCUT2D eigenvalue weighted by molar-refractivity contribution is 5.89. The van der Waals surface area contributed by atoms with Crippen LogP contribution >= 0.6 is 0 Å². The third kappa shape index (κ3) is 3.19. The molecule has 0 saturated carbocycles. The maximum Gasteiger partial charge on any atom is 0.408 e. The predicted octanol–water partition coefficient (Wildman–Crippen LogP) is 1.07. The number of para-hydroxylation sites is 1. The van der Waals surface area contributed by atoms with Crippen LogP contribution in [-0.2, 0) is 17.8 Å². The van der Waals surface area contributed by atoms with Crippen LogP contribution in [0.4, 0.5) is 13.2 Å². The lowest BCUT2D eigenvalue weighted by atomic mass is 10.1. The molecule has 1 aromatic carbocycles. The van der Waals surface area contributed by atoms with E-state index in [-0.39, 0.29) is 18.1 Å². The molecule has 0 unspecified atom stereocenters. The molecule has 11 heteroatoms. The molecule has 3 rings (SSSR count). The SMILES string of the molecule is CNC(=O)Cc1nc(-c2cccc3n[nH]nc23)n(CC(F)(F)F)n1. The highest BCUT2D eigenvalue weighted by atomic mass is 19.4. The van der Waals surface area contributed by atoms with E-state index >= 15 is 0 Å². The van der Waals surface area contributed by atoms with Crippen molar-refractivity contribution >= 4 is 16.9 Å². The molecule has 2 N–H and O–H groups in total. The Hall–Kier alpha value is -2.98. The van der Waals surface area contributed by atoms with Crippen molar-refractivity contribution < 1.29 is 18.0 Å². The van der Waals surface area contributed by atoms with E-state index in [0.717, 1.165) is 4.68 Å². The second-order valence-corrected chi connectivity index (χ2v) is 4.97. The summed E-state index contributed by atoms with van der Waals surface area (Å²) >= 11 is 0. The number of H-pyrrole nitrogens is 1. The summed E-state index contributed by atoms with van der Waals surface area (Å²) in [5.74, 6) is -0.426. The smallest absolute Gasteiger partial charge is 0.359 e. The number of hydrogen-bond acceptors (Lipinski definition) is 5. The van der Waals surface area contributed by atoms with E-state index in [2.05, 4.69) is 30.8 Å². The van der Waals surface area contributed by atoms with Gasteiger partial charge in [0.1, 0.15) is 17.6 Å². The summed E-state index contributed by atoms with van der Waals surface area (Å²) in [6.07, 6.45) is -4.70. The summed E-state index contributed by atoms with van der Waals surface area (Å²) in [5, 5.41) is 16.5. The van der Waals surface area contributed by atoms with Crippen LogP contribution in [0.15, 0.2) is 18.2 Å². The summed E-state index contributed by atoms with van der Waals surface area (Å²) in [4.78, 5) is 15.5. The van der Waals surface area contributed by atoms with Crippen molar-refractivity contribution in [2.45, 2.75) is 19.1 Å². The number of aromatic nitrogens is 6. The molecule has 0 aliphatic rings. The first-order valence-corrected chi connectivity index (χ1v) is 6.88. The summed E-state index contributed by atoms with van der Waals surface area (Å²) in [6, 6.07) is 4.87. The van der Waals surface area contributed by atoms with Crippen molar-refractivity contribution in [3.63, 3.8) is 0 Å². The molecule has 0 bridgehead atoms. The monoisotopic (exact) mass is 339 g/mol. The van der Waals surface area contributed by atoms with Gasteiger partial charge < -0.3 is 5.32 Å². The molecule has 126 valence electrons. The van der Waals surface area contributed by atoms with Crippen LogP contribution < -0.4 is 5.32 Å². The average Bonchev–Trinajstić information content (AvgIpc) is 3.12. The Morgan fingerprint density at radius 1 is 1.33 bits per heavy atom. The molecule has 2 aromatic heterocycles. The van der Waals surface area contributed by atoms with Crippen molar-refractivity contribution in [2.75, 3.05) is 7.05 Å². The van der Waals surface area contributed by atoms with Crippen LogP contribution in [0.2, 0.25) is 0 Å². The van der Waals surface area contributed by atoms with Gasteiger partial charge in [0.15, 0.2) is 11.6 Å². The van der Waals surface area contributed by atoms with Gasteiger partial charge in [-0.2, -0.15) is 33.7 Å². The number of fused-ring (bicyclic) bond motifs is 1. The molecule has 1 amide bonds. The first-order chi connectivity index (χ1) is 11.4. The predicted molar refractivity (Wildman–Crippen MR) is 76.7 cm³/mol. The van der Waals surface area contributed by atoms with E-state index in [1.807, 2.05) is 0 Å². The first-order valence-electron chi connectivity index (χ1n) is 6.88. The van der Waals surface area contributed by atoms with Crippen LogP contribution in [0, 0.1) is 0 Å². The fourth-order valence-corrected chi connectivity index (χ4v) is 2.22. The molecule has 0 spiro atoms. The lowest BCUT2D eigenvalue weighted by Gasteiger charge is -2.09. The van der Waals surface area contributed by atoms with Gasteiger partial charge >= 0.3 is 6.18 Å². The summed E-state index contributed by atoms with van der Waals surface area (Å²) < 4.78 is 39.2. The molecule has 0 fully saturated rings. The number of amides is 1. The van der Waals surface area contributed by atoms with Gasteiger partial charge in [0.2, 0.25) is 5.91 Å². The van der Waals surface area contributed by atoms with Crippen molar-refractivity contribution in [3.05, 3.63) is 24.0 Å². The van der Waals surface area contributed by atoms with E-state index < -0.39 is 18.6 Å². The molecule has 24 heavy (non-hydrogen) atoms. The van der Waals surface area contributed by atoms with E-state index in [0.29, 0.717) is 16.6 Å². The number of halogens is 3. The molecular formula is C13H12F3N7O. The minimum absolute atomic E-state index is 0.00546. The Morgan fingerprint density at radius 2 is 2.12 bits per heavy atom. The summed E-state index contributed by atoms with van der Waals surface area (Å²) in [7, 11) is 1.42. The molecule has 0 aliphatic carbocycles. The van der Waals surface area contributed by atoms with Crippen molar-refractivity contribution in [1.82, 2.24) is 35.5 Å². The molecule has 0 radical (unpaired) electrons. The Bertz CT molecular complexity index is 883. The van der Waals surface area contributed by atoms with E-state index in [4.69, 9.17) is 0 Å². The zero-order valence-corrected chi connectivity index (χ0v) is 12.4. The van der Waals surface area contributed by atoms with Gasteiger partial charge in [0, 0.05) is 12.6 Å². The Kier molecular flexibility index (Phi) is 3.91. The number of carbonyl (C=O) groups is 1. The summed E-state index contributed by atoms with van der Waals surface area (Å²) in [6.45, 7) is -1.32. The van der Waals surface area contributed by atoms with Crippen molar-refractivity contribution in [2.24, 2.45) is 0 Å². The molecule has 8 nitrogen and oxygen atoms in total. The number of alkyl halides is 3. The number of nitrogens with zero attached hydrogens (tertiary/aromatic N) is 5. The third-order valence-corrected chi connectivity index (χ3v) is 3.23. The van der Waals surface area contributed by atoms with Gasteiger partial charge in [0.25, 0.3) is 0 Å². The zero-order valence-electron chi connectivity index (χ0n) is 12.4. The highest BCUT2D eigenvalue weighted by Crippen LogP contribution is 2.27. The van der Waals surface area contributed by atoms with E-state index in [9.17, 15) is 18.0 Å². The lowest BCUT2D eigenvalue weighted by molar-refractivity contribution is -0.142. The highest BCUT2D eigenvalue weighted by Gasteiger charge is 2.31. The number of carbonyl (C=O) groups excluding carboxylic acids is 1. The lowest BCUT2D eigenvalue weighted by Crippen LogP contribution is -2.21. The number of aromatic amines is 1. The third-order valence-electron chi connectivity index (χ3n) is 3.23. The Balaban J connectivity index is 2.10. The quantitative estimate of drug-likeness (QED) is 0.740. The number of hydrogen-bond donors (Lipinski definition) is 2. The van der Waals surface area contributed by atoms with Gasteiger partial charge in [0.05, 0.1) is 6.42 Å². The summed E-state index contributed by atoms with van der Waals surface area (Å²) in [5.41, 5.74) is 1.21.